The van der Waals surface area contributed by atoms with Gasteiger partial charge in [-0.15, -0.1) is 10.1 Å². The number of nitrogen functional groups attached to an aromatic ring is 1. The van der Waals surface area contributed by atoms with E-state index in [2.05, 4.69) is 4.84 Å². The number of fused-ring (bicyclic) bond motifs is 1. The first-order chi connectivity index (χ1) is 12.4. The van der Waals surface area contributed by atoms with Gasteiger partial charge in [0.15, 0.2) is 0 Å². The Morgan fingerprint density at radius 1 is 1.00 bits per heavy atom. The normalized spacial score (nSPS) is 11.2. The standard InChI is InChI=1S/C17H14N2O6S/c18-15-8-4-7-14-16(10-9-12(17(14)15)11-24-19(20)21)26(22,23)25-13-5-2-1-3-6-13/h1-10H,11,18H2. The van der Waals surface area contributed by atoms with E-state index in [-0.39, 0.29) is 22.9 Å². The predicted octanol–water partition coefficient (Wildman–Crippen LogP) is 2.90. The number of benzene rings is 3. The number of rotatable bonds is 6. The number of nitrogens with two attached hydrogens (primary N) is 1. The number of para-hydroxylation sites is 1. The maximum atomic E-state index is 12.7. The summed E-state index contributed by atoms with van der Waals surface area (Å²) in [4.78, 5) is 14.8. The SMILES string of the molecule is Nc1cccc2c(S(=O)(=O)Oc3ccccc3)ccc(CO[N+](=O)[O-])c12. The summed E-state index contributed by atoms with van der Waals surface area (Å²) in [5.74, 6) is 0.172. The number of hydrogen-bond acceptors (Lipinski definition) is 7. The Morgan fingerprint density at radius 2 is 1.73 bits per heavy atom. The Bertz CT molecular complexity index is 1070. The van der Waals surface area contributed by atoms with Crippen molar-refractivity contribution in [1.29, 1.82) is 0 Å². The van der Waals surface area contributed by atoms with Crippen LogP contribution in [0.1, 0.15) is 5.56 Å². The smallest absolute Gasteiger partial charge is 0.339 e. The van der Waals surface area contributed by atoms with Crippen molar-refractivity contribution in [2.24, 2.45) is 0 Å². The summed E-state index contributed by atoms with van der Waals surface area (Å²) in [6.07, 6.45) is 0. The summed E-state index contributed by atoms with van der Waals surface area (Å²) in [6.45, 7) is -0.350. The lowest BCUT2D eigenvalue weighted by molar-refractivity contribution is -0.762. The molecule has 0 saturated carbocycles. The van der Waals surface area contributed by atoms with Gasteiger partial charge in [0.2, 0.25) is 0 Å². The Kier molecular flexibility index (Phi) is 4.63. The van der Waals surface area contributed by atoms with Gasteiger partial charge in [0.1, 0.15) is 17.3 Å². The van der Waals surface area contributed by atoms with Gasteiger partial charge in [0.25, 0.3) is 5.09 Å². The maximum Gasteiger partial charge on any atom is 0.339 e. The second-order valence-corrected chi connectivity index (χ2v) is 6.85. The molecule has 9 heteroatoms. The zero-order valence-corrected chi connectivity index (χ0v) is 14.2. The first-order valence-electron chi connectivity index (χ1n) is 7.45. The Hall–Kier alpha value is -3.33. The molecule has 0 fully saturated rings. The number of nitrogens with zero attached hydrogens (tertiary/aromatic N) is 1. The molecule has 0 radical (unpaired) electrons. The summed E-state index contributed by atoms with van der Waals surface area (Å²) in [7, 11) is -4.13. The Balaban J connectivity index is 2.11. The van der Waals surface area contributed by atoms with Gasteiger partial charge in [-0.05, 0) is 29.8 Å². The van der Waals surface area contributed by atoms with E-state index in [9.17, 15) is 18.5 Å². The second-order valence-electron chi connectivity index (χ2n) is 5.34. The molecule has 3 rings (SSSR count). The van der Waals surface area contributed by atoms with E-state index >= 15 is 0 Å². The van der Waals surface area contributed by atoms with Gasteiger partial charge < -0.3 is 14.8 Å². The molecule has 0 unspecified atom stereocenters. The molecule has 0 aliphatic carbocycles. The largest absolute Gasteiger partial charge is 0.398 e. The molecule has 0 heterocycles. The molecular formula is C17H14N2O6S. The van der Waals surface area contributed by atoms with Crippen molar-refractivity contribution in [3.8, 4) is 5.75 Å². The highest BCUT2D eigenvalue weighted by Crippen LogP contribution is 2.32. The van der Waals surface area contributed by atoms with Crippen LogP contribution in [0, 0.1) is 10.1 Å². The van der Waals surface area contributed by atoms with Crippen LogP contribution in [-0.4, -0.2) is 13.5 Å². The average Bonchev–Trinajstić information content (AvgIpc) is 2.60. The van der Waals surface area contributed by atoms with Crippen molar-refractivity contribution in [3.05, 3.63) is 76.3 Å². The van der Waals surface area contributed by atoms with E-state index in [0.717, 1.165) is 0 Å². The van der Waals surface area contributed by atoms with Crippen molar-refractivity contribution < 1.29 is 22.5 Å². The van der Waals surface area contributed by atoms with Gasteiger partial charge >= 0.3 is 10.1 Å². The third-order valence-corrected chi connectivity index (χ3v) is 4.97. The van der Waals surface area contributed by atoms with Gasteiger partial charge in [0, 0.05) is 16.5 Å². The molecule has 0 atom stereocenters. The molecule has 2 N–H and O–H groups in total. The van der Waals surface area contributed by atoms with Crippen LogP contribution in [0.25, 0.3) is 10.8 Å². The first kappa shape index (κ1) is 17.5. The van der Waals surface area contributed by atoms with Crippen LogP contribution < -0.4 is 9.92 Å². The summed E-state index contributed by atoms with van der Waals surface area (Å²) >= 11 is 0. The second kappa shape index (κ2) is 6.89. The summed E-state index contributed by atoms with van der Waals surface area (Å²) < 4.78 is 30.6. The molecule has 26 heavy (non-hydrogen) atoms. The van der Waals surface area contributed by atoms with Crippen LogP contribution >= 0.6 is 0 Å². The molecule has 3 aromatic carbocycles. The highest BCUT2D eigenvalue weighted by Gasteiger charge is 2.22. The molecule has 8 nitrogen and oxygen atoms in total. The van der Waals surface area contributed by atoms with Gasteiger partial charge in [-0.25, -0.2) is 0 Å². The molecule has 0 bridgehead atoms. The van der Waals surface area contributed by atoms with Crippen LogP contribution in [0.15, 0.2) is 65.6 Å². The fourth-order valence-electron chi connectivity index (χ4n) is 2.59. The van der Waals surface area contributed by atoms with Crippen LogP contribution in [0.3, 0.4) is 0 Å². The minimum Gasteiger partial charge on any atom is -0.398 e. The molecule has 3 aromatic rings. The van der Waals surface area contributed by atoms with Crippen molar-refractivity contribution in [1.82, 2.24) is 0 Å². The first-order valence-corrected chi connectivity index (χ1v) is 8.86. The van der Waals surface area contributed by atoms with Crippen LogP contribution in [0.5, 0.6) is 5.75 Å². The molecule has 0 aliphatic heterocycles. The van der Waals surface area contributed by atoms with Gasteiger partial charge in [-0.3, -0.25) is 0 Å². The lowest BCUT2D eigenvalue weighted by Crippen LogP contribution is -2.11. The quantitative estimate of drug-likeness (QED) is 0.305. The summed E-state index contributed by atoms with van der Waals surface area (Å²) in [5.41, 5.74) is 6.64. The molecule has 0 aromatic heterocycles. The fourth-order valence-corrected chi connectivity index (χ4v) is 3.72. The highest BCUT2D eigenvalue weighted by atomic mass is 32.2. The number of hydrogen-bond donors (Lipinski definition) is 1. The molecule has 134 valence electrons. The number of anilines is 1. The fraction of sp³-hybridized carbons (Fsp3) is 0.0588. The predicted molar refractivity (Wildman–Crippen MR) is 94.4 cm³/mol. The van der Waals surface area contributed by atoms with Gasteiger partial charge in [-0.2, -0.15) is 8.42 Å². The molecule has 0 aliphatic rings. The Labute approximate surface area is 149 Å². The Morgan fingerprint density at radius 3 is 2.42 bits per heavy atom. The van der Waals surface area contributed by atoms with E-state index in [4.69, 9.17) is 9.92 Å². The highest BCUT2D eigenvalue weighted by molar-refractivity contribution is 7.87. The molecule has 0 amide bonds. The van der Waals surface area contributed by atoms with E-state index in [1.807, 2.05) is 0 Å². The van der Waals surface area contributed by atoms with Crippen LogP contribution in [-0.2, 0) is 21.6 Å². The van der Waals surface area contributed by atoms with Crippen LogP contribution in [0.2, 0.25) is 0 Å². The van der Waals surface area contributed by atoms with E-state index in [1.165, 1.54) is 24.3 Å². The van der Waals surface area contributed by atoms with E-state index in [0.29, 0.717) is 16.3 Å². The topological polar surface area (TPSA) is 122 Å². The molecule has 0 spiro atoms. The summed E-state index contributed by atoms with van der Waals surface area (Å²) in [6, 6.07) is 15.5. The lowest BCUT2D eigenvalue weighted by Gasteiger charge is -2.13. The summed E-state index contributed by atoms with van der Waals surface area (Å²) in [5, 5.41) is 10.2. The monoisotopic (exact) mass is 374 g/mol. The zero-order valence-electron chi connectivity index (χ0n) is 13.4. The van der Waals surface area contributed by atoms with Crippen molar-refractivity contribution in [3.63, 3.8) is 0 Å². The van der Waals surface area contributed by atoms with Crippen molar-refractivity contribution in [2.45, 2.75) is 11.5 Å². The average molecular weight is 374 g/mol. The minimum absolute atomic E-state index is 0.0893. The third-order valence-electron chi connectivity index (χ3n) is 3.66. The van der Waals surface area contributed by atoms with Crippen molar-refractivity contribution in [2.75, 3.05) is 5.73 Å². The third kappa shape index (κ3) is 3.52. The van der Waals surface area contributed by atoms with Crippen molar-refractivity contribution >= 4 is 26.6 Å². The van der Waals surface area contributed by atoms with Crippen LogP contribution in [0.4, 0.5) is 5.69 Å². The molecule has 0 saturated heterocycles. The lowest BCUT2D eigenvalue weighted by atomic mass is 10.0. The molecular weight excluding hydrogens is 360 g/mol. The van der Waals surface area contributed by atoms with Gasteiger partial charge in [0.05, 0.1) is 0 Å². The van der Waals surface area contributed by atoms with Gasteiger partial charge in [-0.1, -0.05) is 36.4 Å². The van der Waals surface area contributed by atoms with E-state index < -0.39 is 15.2 Å². The zero-order chi connectivity index (χ0) is 18.7. The maximum absolute atomic E-state index is 12.7. The van der Waals surface area contributed by atoms with E-state index in [1.54, 1.807) is 36.4 Å². The minimum atomic E-state index is -4.13.